The molecule has 1 aliphatic heterocycles. The van der Waals surface area contributed by atoms with Gasteiger partial charge in [0.15, 0.2) is 0 Å². The Bertz CT molecular complexity index is 3520. The van der Waals surface area contributed by atoms with Gasteiger partial charge in [0.25, 0.3) is 0 Å². The molecule has 0 amide bonds. The average Bonchev–Trinajstić information content (AvgIpc) is 4.19. The quantitative estimate of drug-likeness (QED) is 0.149. The molecule has 6 unspecified atom stereocenters. The highest BCUT2D eigenvalue weighted by Gasteiger charge is 2.43. The Hall–Kier alpha value is -7.04. The number of allylic oxidation sites excluding steroid dienone is 10. The second-order valence-electron chi connectivity index (χ2n) is 20.3. The van der Waals surface area contributed by atoms with E-state index in [1.165, 1.54) is 104 Å². The van der Waals surface area contributed by atoms with Crippen LogP contribution in [0.3, 0.4) is 0 Å². The van der Waals surface area contributed by atoms with Gasteiger partial charge in [-0.1, -0.05) is 109 Å². The Balaban J connectivity index is 0.879. The first-order chi connectivity index (χ1) is 33.7. The van der Waals surface area contributed by atoms with Crippen LogP contribution in [0.25, 0.3) is 71.7 Å². The second-order valence-corrected chi connectivity index (χ2v) is 20.3. The molecule has 0 spiro atoms. The highest BCUT2D eigenvalue weighted by atomic mass is 16.3. The van der Waals surface area contributed by atoms with E-state index >= 15 is 0 Å². The Morgan fingerprint density at radius 1 is 0.544 bits per heavy atom. The highest BCUT2D eigenvalue weighted by Crippen LogP contribution is 2.49. The number of likely N-dealkylation sites (tertiary alicyclic amines) is 1. The zero-order valence-corrected chi connectivity index (χ0v) is 38.7. The molecule has 5 aliphatic carbocycles. The van der Waals surface area contributed by atoms with E-state index in [-0.39, 0.29) is 0 Å². The molecule has 68 heavy (non-hydrogen) atoms. The topological polar surface area (TPSA) is 26.2 Å². The summed E-state index contributed by atoms with van der Waals surface area (Å²) in [6.07, 6.45) is 40.3. The van der Waals surface area contributed by atoms with Crippen LogP contribution >= 0.6 is 0 Å². The fourth-order valence-corrected chi connectivity index (χ4v) is 13.1. The van der Waals surface area contributed by atoms with Crippen LogP contribution in [0.5, 0.6) is 0 Å². The molecule has 3 aromatic heterocycles. The standard InChI is InChI=1S/C64H57N3O/c1-4-14-42(15-5-1)63-36-37-64(68-63)43-24-30-50(31-25-43)67-61-34-28-46(44-26-32-59-53(38-44)51-20-10-12-22-57(51)65(59)48-16-6-2-7-17-48)40-55(61)56-41-47(29-35-62(56)67)45-27-33-60-54(39-45)52-21-11-13-23-58(52)66(60)49-18-8-3-9-19-49/h1-2,4,6,8,10-13,18,20-25,27-42,44,48-49,51,57H,3,5,7,9,14-17,19,26H2. The van der Waals surface area contributed by atoms with Crippen molar-refractivity contribution in [3.8, 4) is 28.1 Å². The average molecular weight is 884 g/mol. The zero-order chi connectivity index (χ0) is 44.7. The Labute approximate surface area is 399 Å². The third-order valence-electron chi connectivity index (χ3n) is 16.5. The highest BCUT2D eigenvalue weighted by molar-refractivity contribution is 6.12. The van der Waals surface area contributed by atoms with Crippen LogP contribution in [-0.4, -0.2) is 26.1 Å². The van der Waals surface area contributed by atoms with Crippen molar-refractivity contribution in [2.24, 2.45) is 5.92 Å². The van der Waals surface area contributed by atoms with Gasteiger partial charge >= 0.3 is 0 Å². The molecule has 4 heterocycles. The number of rotatable bonds is 7. The molecule has 8 aromatic rings. The van der Waals surface area contributed by atoms with Gasteiger partial charge in [0.05, 0.1) is 23.1 Å². The number of hydrogen-bond acceptors (Lipinski definition) is 2. The SMILES string of the molecule is C1=CC2C3=CC(c4ccc5c(c4)c4cc(-c6ccc7c(c6)c6ccccc6n7C6C=CCCC6)ccc4n5-c4ccc(-c5ccc(C6CC=CCC6)o5)cc4)CC=C3N(C3CC=CCC3)C2C=C1. The van der Waals surface area contributed by atoms with Gasteiger partial charge in [0.2, 0.25) is 0 Å². The summed E-state index contributed by atoms with van der Waals surface area (Å²) in [5.74, 6) is 3.23. The monoisotopic (exact) mass is 883 g/mol. The lowest BCUT2D eigenvalue weighted by Gasteiger charge is -2.37. The lowest BCUT2D eigenvalue weighted by Crippen LogP contribution is -2.39. The first-order valence-corrected chi connectivity index (χ1v) is 25.6. The fraction of sp³-hybridized carbons (Fsp3) is 0.250. The molecule has 334 valence electrons. The molecular weight excluding hydrogens is 827 g/mol. The van der Waals surface area contributed by atoms with E-state index in [1.807, 2.05) is 0 Å². The van der Waals surface area contributed by atoms with Crippen LogP contribution in [0.15, 0.2) is 204 Å². The largest absolute Gasteiger partial charge is 0.461 e. The van der Waals surface area contributed by atoms with Crippen LogP contribution in [0.4, 0.5) is 0 Å². The number of furan rings is 1. The van der Waals surface area contributed by atoms with E-state index in [0.717, 1.165) is 54.9 Å². The Morgan fingerprint density at radius 3 is 2.10 bits per heavy atom. The maximum atomic E-state index is 6.51. The van der Waals surface area contributed by atoms with Gasteiger partial charge in [0, 0.05) is 73.3 Å². The molecule has 5 aromatic carbocycles. The first kappa shape index (κ1) is 40.1. The van der Waals surface area contributed by atoms with Gasteiger partial charge in [-0.3, -0.25) is 0 Å². The maximum absolute atomic E-state index is 6.51. The van der Waals surface area contributed by atoms with Crippen molar-refractivity contribution in [3.05, 3.63) is 211 Å². The third-order valence-corrected chi connectivity index (χ3v) is 16.5. The van der Waals surface area contributed by atoms with Gasteiger partial charge in [-0.05, 0) is 165 Å². The smallest absolute Gasteiger partial charge is 0.134 e. The van der Waals surface area contributed by atoms with Crippen LogP contribution in [0, 0.1) is 5.92 Å². The Morgan fingerprint density at radius 2 is 1.29 bits per heavy atom. The minimum absolute atomic E-state index is 0.312. The van der Waals surface area contributed by atoms with Crippen LogP contribution in [0.1, 0.15) is 93.4 Å². The van der Waals surface area contributed by atoms with Gasteiger partial charge in [-0.15, -0.1) is 0 Å². The lowest BCUT2D eigenvalue weighted by molar-refractivity contribution is 0.217. The molecule has 1 fully saturated rings. The van der Waals surface area contributed by atoms with E-state index in [2.05, 4.69) is 202 Å². The summed E-state index contributed by atoms with van der Waals surface area (Å²) in [5.41, 5.74) is 14.2. The first-order valence-electron chi connectivity index (χ1n) is 25.6. The molecule has 0 N–H and O–H groups in total. The van der Waals surface area contributed by atoms with Crippen molar-refractivity contribution in [2.45, 2.75) is 94.2 Å². The van der Waals surface area contributed by atoms with Crippen molar-refractivity contribution in [1.29, 1.82) is 0 Å². The minimum Gasteiger partial charge on any atom is -0.461 e. The Kier molecular flexibility index (Phi) is 9.62. The number of hydrogen-bond donors (Lipinski definition) is 0. The van der Waals surface area contributed by atoms with E-state index < -0.39 is 0 Å². The fourth-order valence-electron chi connectivity index (χ4n) is 13.1. The van der Waals surface area contributed by atoms with Crippen molar-refractivity contribution >= 4 is 43.6 Å². The van der Waals surface area contributed by atoms with Gasteiger partial charge in [0.1, 0.15) is 11.5 Å². The summed E-state index contributed by atoms with van der Waals surface area (Å²) in [7, 11) is 0. The van der Waals surface area contributed by atoms with Crippen LogP contribution in [0.2, 0.25) is 0 Å². The number of nitrogens with zero attached hydrogens (tertiary/aromatic N) is 3. The molecule has 4 heteroatoms. The number of aromatic nitrogens is 2. The molecule has 4 nitrogen and oxygen atoms in total. The third kappa shape index (κ3) is 6.55. The summed E-state index contributed by atoms with van der Waals surface area (Å²) >= 11 is 0. The zero-order valence-electron chi connectivity index (χ0n) is 38.7. The van der Waals surface area contributed by atoms with E-state index in [4.69, 9.17) is 4.42 Å². The summed E-state index contributed by atoms with van der Waals surface area (Å²) in [6.45, 7) is 0. The minimum atomic E-state index is 0.312. The molecule has 1 saturated heterocycles. The van der Waals surface area contributed by atoms with Gasteiger partial charge < -0.3 is 18.5 Å². The van der Waals surface area contributed by atoms with Crippen molar-refractivity contribution in [3.63, 3.8) is 0 Å². The molecule has 0 saturated carbocycles. The number of benzene rings is 5. The van der Waals surface area contributed by atoms with E-state index in [1.54, 1.807) is 0 Å². The maximum Gasteiger partial charge on any atom is 0.134 e. The second kappa shape index (κ2) is 16.3. The number of para-hydroxylation sites is 1. The molecule has 14 rings (SSSR count). The van der Waals surface area contributed by atoms with Crippen molar-refractivity contribution in [2.75, 3.05) is 0 Å². The predicted molar refractivity (Wildman–Crippen MR) is 282 cm³/mol. The molecular formula is C64H57N3O. The van der Waals surface area contributed by atoms with Gasteiger partial charge in [-0.25, -0.2) is 0 Å². The molecule has 0 radical (unpaired) electrons. The van der Waals surface area contributed by atoms with Crippen LogP contribution < -0.4 is 0 Å². The summed E-state index contributed by atoms with van der Waals surface area (Å²) in [6, 6.07) is 45.4. The molecule has 0 bridgehead atoms. The van der Waals surface area contributed by atoms with Crippen molar-refractivity contribution in [1.82, 2.24) is 14.0 Å². The van der Waals surface area contributed by atoms with Crippen molar-refractivity contribution < 1.29 is 4.42 Å². The van der Waals surface area contributed by atoms with E-state index in [9.17, 15) is 0 Å². The molecule has 6 aliphatic rings. The molecule has 6 atom stereocenters. The summed E-state index contributed by atoms with van der Waals surface area (Å²) in [5, 5.41) is 5.25. The van der Waals surface area contributed by atoms with Gasteiger partial charge in [-0.2, -0.15) is 0 Å². The predicted octanol–water partition coefficient (Wildman–Crippen LogP) is 16.8. The number of fused-ring (bicyclic) bond motifs is 9. The van der Waals surface area contributed by atoms with E-state index in [0.29, 0.717) is 35.9 Å². The summed E-state index contributed by atoms with van der Waals surface area (Å²) in [4.78, 5) is 2.78. The normalized spacial score (nSPS) is 24.3. The lowest BCUT2D eigenvalue weighted by atomic mass is 9.83. The van der Waals surface area contributed by atoms with Crippen LogP contribution in [-0.2, 0) is 0 Å². The summed E-state index contributed by atoms with van der Waals surface area (Å²) < 4.78 is 11.6.